The number of hydrogen-bond donors (Lipinski definition) is 0. The fourth-order valence-electron chi connectivity index (χ4n) is 1.30. The maximum Gasteiger partial charge on any atom is 0.137 e. The third kappa shape index (κ3) is 3.52. The summed E-state index contributed by atoms with van der Waals surface area (Å²) in [5.41, 5.74) is 2.97. The first-order chi connectivity index (χ1) is 6.58. The molecule has 1 aromatic carbocycles. The minimum atomic E-state index is -0.0625. The maximum atomic E-state index is 10.0. The standard InChI is InChI=1S/C7H6.C5H8O2/c1-2-6-4-7(3-1)5-6;1-4(6)3-5(2)7/h1-4H,5H2;3H2,1-2H3. The molecule has 2 aliphatic rings. The topological polar surface area (TPSA) is 34.1 Å². The molecule has 14 heavy (non-hydrogen) atoms. The lowest BCUT2D eigenvalue weighted by molar-refractivity contribution is -0.124. The molecule has 2 nitrogen and oxygen atoms in total. The second kappa shape index (κ2) is 4.70. The molecule has 0 amide bonds. The van der Waals surface area contributed by atoms with Crippen LogP contribution in [-0.4, -0.2) is 11.6 Å². The highest BCUT2D eigenvalue weighted by molar-refractivity contribution is 5.96. The predicted molar refractivity (Wildman–Crippen MR) is 55.2 cm³/mol. The zero-order valence-corrected chi connectivity index (χ0v) is 8.54. The molecule has 3 rings (SSSR count). The highest BCUT2D eigenvalue weighted by Gasteiger charge is 2.04. The molecule has 2 heteroatoms. The van der Waals surface area contributed by atoms with E-state index in [4.69, 9.17) is 0 Å². The van der Waals surface area contributed by atoms with Gasteiger partial charge in [-0.05, 0) is 31.4 Å². The highest BCUT2D eigenvalue weighted by atomic mass is 16.1. The lowest BCUT2D eigenvalue weighted by Crippen LogP contribution is -1.97. The molecule has 0 aliphatic heterocycles. The molecule has 74 valence electrons. The van der Waals surface area contributed by atoms with Crippen molar-refractivity contribution in [2.24, 2.45) is 0 Å². The van der Waals surface area contributed by atoms with Gasteiger partial charge in [0.1, 0.15) is 11.6 Å². The first-order valence-corrected chi connectivity index (χ1v) is 4.64. The average Bonchev–Trinajstić information content (AvgIpc) is 2.02. The quantitative estimate of drug-likeness (QED) is 0.680. The van der Waals surface area contributed by atoms with Gasteiger partial charge in [-0.1, -0.05) is 24.3 Å². The van der Waals surface area contributed by atoms with Crippen molar-refractivity contribution in [3.05, 3.63) is 35.4 Å². The first-order valence-electron chi connectivity index (χ1n) is 4.64. The number of benzene rings is 1. The van der Waals surface area contributed by atoms with Gasteiger partial charge in [-0.15, -0.1) is 0 Å². The van der Waals surface area contributed by atoms with Gasteiger partial charge in [0, 0.05) is 0 Å². The molecule has 0 unspecified atom stereocenters. The van der Waals surface area contributed by atoms with Gasteiger partial charge in [0.15, 0.2) is 0 Å². The Bertz CT molecular complexity index is 316. The Morgan fingerprint density at radius 1 is 1.14 bits per heavy atom. The molecular formula is C12H14O2. The second-order valence-corrected chi connectivity index (χ2v) is 3.58. The number of carbonyl (C=O) groups excluding carboxylic acids is 2. The van der Waals surface area contributed by atoms with Gasteiger partial charge in [0.25, 0.3) is 0 Å². The van der Waals surface area contributed by atoms with E-state index < -0.39 is 0 Å². The van der Waals surface area contributed by atoms with Crippen molar-refractivity contribution in [1.82, 2.24) is 0 Å². The normalized spacial score (nSPS) is 10.7. The third-order valence-corrected chi connectivity index (χ3v) is 1.90. The molecule has 1 aromatic rings. The van der Waals surface area contributed by atoms with Gasteiger partial charge < -0.3 is 0 Å². The summed E-state index contributed by atoms with van der Waals surface area (Å²) in [6.07, 6.45) is 1.30. The molecule has 0 saturated heterocycles. The van der Waals surface area contributed by atoms with Crippen LogP contribution >= 0.6 is 0 Å². The minimum absolute atomic E-state index is 0.0625. The van der Waals surface area contributed by atoms with E-state index in [0.29, 0.717) is 0 Å². The van der Waals surface area contributed by atoms with Crippen molar-refractivity contribution in [1.29, 1.82) is 0 Å². The second-order valence-electron chi connectivity index (χ2n) is 3.58. The summed E-state index contributed by atoms with van der Waals surface area (Å²) in [5, 5.41) is 0. The van der Waals surface area contributed by atoms with Crippen molar-refractivity contribution in [3.8, 4) is 0 Å². The summed E-state index contributed by atoms with van der Waals surface area (Å²) in [4.78, 5) is 20.1. The third-order valence-electron chi connectivity index (χ3n) is 1.90. The van der Waals surface area contributed by atoms with Gasteiger partial charge in [0.2, 0.25) is 0 Å². The monoisotopic (exact) mass is 190 g/mol. The molecule has 0 atom stereocenters. The van der Waals surface area contributed by atoms with Crippen molar-refractivity contribution in [2.45, 2.75) is 26.7 Å². The Labute approximate surface area is 83.9 Å². The van der Waals surface area contributed by atoms with Crippen molar-refractivity contribution < 1.29 is 9.59 Å². The van der Waals surface area contributed by atoms with E-state index in [0.717, 1.165) is 0 Å². The Kier molecular flexibility index (Phi) is 3.57. The van der Waals surface area contributed by atoms with E-state index in [1.54, 1.807) is 0 Å². The SMILES string of the molecule is CC(=O)CC(C)=O.c1cc2cc(c1)C2. The van der Waals surface area contributed by atoms with Crippen LogP contribution in [0.5, 0.6) is 0 Å². The first kappa shape index (κ1) is 10.6. The van der Waals surface area contributed by atoms with Gasteiger partial charge in [0.05, 0.1) is 6.42 Å². The molecule has 2 bridgehead atoms. The largest absolute Gasteiger partial charge is 0.300 e. The molecule has 0 saturated carbocycles. The van der Waals surface area contributed by atoms with Crippen LogP contribution in [0.2, 0.25) is 0 Å². The number of carbonyl (C=O) groups is 2. The van der Waals surface area contributed by atoms with Gasteiger partial charge in [-0.25, -0.2) is 0 Å². The fraction of sp³-hybridized carbons (Fsp3) is 0.333. The van der Waals surface area contributed by atoms with Crippen molar-refractivity contribution in [3.63, 3.8) is 0 Å². The molecule has 0 N–H and O–H groups in total. The Morgan fingerprint density at radius 2 is 1.57 bits per heavy atom. The maximum absolute atomic E-state index is 10.0. The van der Waals surface area contributed by atoms with Crippen LogP contribution in [0.25, 0.3) is 0 Å². The summed E-state index contributed by atoms with van der Waals surface area (Å²) < 4.78 is 0. The van der Waals surface area contributed by atoms with Crippen LogP contribution in [-0.2, 0) is 16.0 Å². The van der Waals surface area contributed by atoms with E-state index in [-0.39, 0.29) is 18.0 Å². The van der Waals surface area contributed by atoms with Gasteiger partial charge in [-0.2, -0.15) is 0 Å². The predicted octanol–water partition coefficient (Wildman–Crippen LogP) is 2.15. The average molecular weight is 190 g/mol. The van der Waals surface area contributed by atoms with E-state index in [2.05, 4.69) is 24.3 Å². The Balaban J connectivity index is 0.000000140. The van der Waals surface area contributed by atoms with E-state index in [1.807, 2.05) is 0 Å². The Hall–Kier alpha value is -1.44. The van der Waals surface area contributed by atoms with Gasteiger partial charge >= 0.3 is 0 Å². The van der Waals surface area contributed by atoms with Crippen molar-refractivity contribution in [2.75, 3.05) is 0 Å². The van der Waals surface area contributed by atoms with Crippen LogP contribution < -0.4 is 0 Å². The molecule has 0 fully saturated rings. The molecule has 2 aliphatic carbocycles. The molecule has 0 heterocycles. The van der Waals surface area contributed by atoms with Crippen LogP contribution in [0.4, 0.5) is 0 Å². The number of rotatable bonds is 2. The van der Waals surface area contributed by atoms with E-state index in [9.17, 15) is 9.59 Å². The zero-order chi connectivity index (χ0) is 10.6. The van der Waals surface area contributed by atoms with E-state index >= 15 is 0 Å². The number of ketones is 2. The smallest absolute Gasteiger partial charge is 0.137 e. The Morgan fingerprint density at radius 3 is 1.64 bits per heavy atom. The zero-order valence-electron chi connectivity index (χ0n) is 8.54. The van der Waals surface area contributed by atoms with Crippen LogP contribution in [0.3, 0.4) is 0 Å². The van der Waals surface area contributed by atoms with Crippen LogP contribution in [0.1, 0.15) is 31.4 Å². The number of fused-ring (bicyclic) bond motifs is 2. The molecular weight excluding hydrogens is 176 g/mol. The number of hydrogen-bond acceptors (Lipinski definition) is 2. The molecule has 0 spiro atoms. The molecule has 0 radical (unpaired) electrons. The summed E-state index contributed by atoms with van der Waals surface area (Å²) in [6, 6.07) is 8.65. The summed E-state index contributed by atoms with van der Waals surface area (Å²) >= 11 is 0. The minimum Gasteiger partial charge on any atom is -0.300 e. The van der Waals surface area contributed by atoms with E-state index in [1.165, 1.54) is 31.4 Å². The summed E-state index contributed by atoms with van der Waals surface area (Å²) in [5.74, 6) is -0.125. The lowest BCUT2D eigenvalue weighted by atomic mass is 9.94. The lowest BCUT2D eigenvalue weighted by Gasteiger charge is -2.11. The molecule has 0 aromatic heterocycles. The summed E-state index contributed by atoms with van der Waals surface area (Å²) in [7, 11) is 0. The fourth-order valence-corrected chi connectivity index (χ4v) is 1.30. The van der Waals surface area contributed by atoms with Crippen LogP contribution in [0.15, 0.2) is 24.3 Å². The van der Waals surface area contributed by atoms with Crippen LogP contribution in [0, 0.1) is 0 Å². The number of Topliss-reactive ketones (excluding diaryl/α,β-unsaturated/α-hetero) is 2. The highest BCUT2D eigenvalue weighted by Crippen LogP contribution is 2.18. The van der Waals surface area contributed by atoms with Crippen molar-refractivity contribution >= 4 is 11.6 Å². The summed E-state index contributed by atoms with van der Waals surface area (Å²) in [6.45, 7) is 2.81. The van der Waals surface area contributed by atoms with Gasteiger partial charge in [-0.3, -0.25) is 9.59 Å².